The molecule has 2 aromatic carbocycles. The van der Waals surface area contributed by atoms with Crippen LogP contribution in [-0.4, -0.2) is 21.1 Å². The number of aldehydes is 1. The molecule has 0 aliphatic rings. The van der Waals surface area contributed by atoms with Crippen LogP contribution in [0.3, 0.4) is 0 Å². The van der Waals surface area contributed by atoms with Crippen LogP contribution in [0.15, 0.2) is 57.7 Å². The Kier molecular flexibility index (Phi) is 7.85. The lowest BCUT2D eigenvalue weighted by Gasteiger charge is -2.04. The van der Waals surface area contributed by atoms with E-state index in [9.17, 15) is 9.59 Å². The number of rotatable bonds is 5. The smallest absolute Gasteiger partial charge is 0.279 e. The monoisotopic (exact) mass is 507 g/mol. The summed E-state index contributed by atoms with van der Waals surface area (Å²) in [7, 11) is 1.83. The number of thiazole rings is 1. The first-order valence-electron chi connectivity index (χ1n) is 8.71. The highest BCUT2D eigenvalue weighted by Gasteiger charge is 2.10. The van der Waals surface area contributed by atoms with E-state index in [-0.39, 0.29) is 10.2 Å². The number of benzene rings is 2. The zero-order valence-corrected chi connectivity index (χ0v) is 20.0. The third kappa shape index (κ3) is 5.93. The Bertz CT molecular complexity index is 1260. The van der Waals surface area contributed by atoms with Gasteiger partial charge >= 0.3 is 0 Å². The molecule has 158 valence electrons. The molecule has 1 aromatic heterocycles. The summed E-state index contributed by atoms with van der Waals surface area (Å²) in [5.74, 6) is -0.373. The van der Waals surface area contributed by atoms with Crippen molar-refractivity contribution in [2.75, 3.05) is 0 Å². The van der Waals surface area contributed by atoms with Gasteiger partial charge in [-0.15, -0.1) is 11.3 Å². The van der Waals surface area contributed by atoms with Gasteiger partial charge in [-0.2, -0.15) is 4.99 Å². The molecule has 2 N–H and O–H groups in total. The second-order valence-electron chi connectivity index (χ2n) is 6.22. The average molecular weight is 508 g/mol. The molecule has 1 amide bonds. The number of hydrogen-bond donors (Lipinski definition) is 1. The number of nitrogens with two attached hydrogens (primary N) is 1. The maximum absolute atomic E-state index is 12.6. The lowest BCUT2D eigenvalue weighted by molar-refractivity contribution is -0.104. The molecule has 0 spiro atoms. The Morgan fingerprint density at radius 1 is 1.19 bits per heavy atom. The first kappa shape index (κ1) is 23.4. The van der Waals surface area contributed by atoms with Crippen molar-refractivity contribution in [2.45, 2.75) is 0 Å². The number of amides is 1. The standard InChI is InChI=1S/C21H15Cl2N3O2S3/c1-26-18(14-6-7-16(22)17(23)9-14)11-30-21(26)25-19(28)13-4-2-12(3-5-13)8-15(10-27)31-20(24)29/h2-11H,1H3,(H2,24,29)/b15-8-,25-21?. The summed E-state index contributed by atoms with van der Waals surface area (Å²) in [4.78, 5) is 28.9. The minimum Gasteiger partial charge on any atom is -0.384 e. The molecule has 0 saturated carbocycles. The van der Waals surface area contributed by atoms with Crippen LogP contribution in [0.1, 0.15) is 15.9 Å². The number of thiocarbonyl (C=S) groups is 1. The summed E-state index contributed by atoms with van der Waals surface area (Å²) in [5, 5.41) is 2.84. The van der Waals surface area contributed by atoms with Crippen molar-refractivity contribution in [1.29, 1.82) is 0 Å². The van der Waals surface area contributed by atoms with Gasteiger partial charge in [0.05, 0.1) is 20.6 Å². The fourth-order valence-corrected chi connectivity index (χ4v) is 4.59. The van der Waals surface area contributed by atoms with Crippen LogP contribution in [0.4, 0.5) is 0 Å². The number of allylic oxidation sites excluding steroid dienone is 1. The first-order valence-corrected chi connectivity index (χ1v) is 11.6. The zero-order chi connectivity index (χ0) is 22.5. The lowest BCUT2D eigenvalue weighted by Crippen LogP contribution is -2.14. The second kappa shape index (κ2) is 10.4. The average Bonchev–Trinajstić information content (AvgIpc) is 3.10. The zero-order valence-electron chi connectivity index (χ0n) is 16.0. The lowest BCUT2D eigenvalue weighted by atomic mass is 10.1. The van der Waals surface area contributed by atoms with Gasteiger partial charge in [0.25, 0.3) is 5.91 Å². The Hall–Kier alpha value is -2.23. The highest BCUT2D eigenvalue weighted by Crippen LogP contribution is 2.28. The van der Waals surface area contributed by atoms with Gasteiger partial charge < -0.3 is 10.3 Å². The molecular weight excluding hydrogens is 493 g/mol. The molecule has 0 unspecified atom stereocenters. The van der Waals surface area contributed by atoms with Gasteiger partial charge in [-0.3, -0.25) is 9.59 Å². The van der Waals surface area contributed by atoms with Crippen molar-refractivity contribution in [3.05, 3.63) is 78.7 Å². The molecule has 0 atom stereocenters. The summed E-state index contributed by atoms with van der Waals surface area (Å²) < 4.78 is 1.98. The highest BCUT2D eigenvalue weighted by atomic mass is 35.5. The molecule has 3 rings (SSSR count). The molecule has 0 aliphatic carbocycles. The van der Waals surface area contributed by atoms with E-state index in [1.807, 2.05) is 23.1 Å². The minimum atomic E-state index is -0.373. The molecule has 0 bridgehead atoms. The summed E-state index contributed by atoms with van der Waals surface area (Å²) in [6.07, 6.45) is 2.32. The fourth-order valence-electron chi connectivity index (χ4n) is 2.63. The van der Waals surface area contributed by atoms with Crippen molar-refractivity contribution >= 4 is 81.1 Å². The maximum Gasteiger partial charge on any atom is 0.279 e. The number of carbonyl (C=O) groups is 2. The van der Waals surface area contributed by atoms with Crippen LogP contribution < -0.4 is 10.5 Å². The van der Waals surface area contributed by atoms with Crippen molar-refractivity contribution in [1.82, 2.24) is 4.57 Å². The number of nitrogens with zero attached hydrogens (tertiary/aromatic N) is 2. The van der Waals surface area contributed by atoms with Crippen LogP contribution in [0.2, 0.25) is 10.0 Å². The predicted octanol–water partition coefficient (Wildman–Crippen LogP) is 5.32. The first-order chi connectivity index (χ1) is 14.8. The summed E-state index contributed by atoms with van der Waals surface area (Å²) in [6.45, 7) is 0. The van der Waals surface area contributed by atoms with Crippen molar-refractivity contribution in [3.63, 3.8) is 0 Å². The van der Waals surface area contributed by atoms with Gasteiger partial charge in [-0.05, 0) is 35.9 Å². The normalized spacial score (nSPS) is 12.1. The number of aromatic nitrogens is 1. The number of halogens is 2. The van der Waals surface area contributed by atoms with E-state index >= 15 is 0 Å². The molecular formula is C21H15Cl2N3O2S3. The van der Waals surface area contributed by atoms with Gasteiger partial charge in [0, 0.05) is 23.6 Å². The Morgan fingerprint density at radius 3 is 2.52 bits per heavy atom. The summed E-state index contributed by atoms with van der Waals surface area (Å²) in [6, 6.07) is 12.1. The fraction of sp³-hybridized carbons (Fsp3) is 0.0476. The van der Waals surface area contributed by atoms with Crippen LogP contribution >= 0.6 is 58.5 Å². The van der Waals surface area contributed by atoms with Gasteiger partial charge in [-0.1, -0.05) is 65.4 Å². The third-order valence-corrected chi connectivity index (χ3v) is 6.70. The number of carbonyl (C=O) groups excluding carboxylic acids is 2. The van der Waals surface area contributed by atoms with Crippen LogP contribution in [-0.2, 0) is 11.8 Å². The number of hydrogen-bond acceptors (Lipinski definition) is 5. The quantitative estimate of drug-likeness (QED) is 0.287. The SMILES string of the molecule is Cn1c(-c2ccc(Cl)c(Cl)c2)csc1=NC(=O)c1ccc(/C=C(/C=O)SC(N)=S)cc1. The van der Waals surface area contributed by atoms with Crippen molar-refractivity contribution in [2.24, 2.45) is 17.8 Å². The molecule has 0 saturated heterocycles. The van der Waals surface area contributed by atoms with E-state index in [0.717, 1.165) is 28.6 Å². The van der Waals surface area contributed by atoms with Crippen molar-refractivity contribution in [3.8, 4) is 11.3 Å². The molecule has 0 fully saturated rings. The second-order valence-corrected chi connectivity index (χ2v) is 9.68. The Balaban J connectivity index is 1.85. The topological polar surface area (TPSA) is 77.5 Å². The molecule has 0 aliphatic heterocycles. The predicted molar refractivity (Wildman–Crippen MR) is 133 cm³/mol. The molecule has 3 aromatic rings. The molecule has 0 radical (unpaired) electrons. The minimum absolute atomic E-state index is 0.160. The summed E-state index contributed by atoms with van der Waals surface area (Å²) >= 11 is 19.3. The van der Waals surface area contributed by atoms with E-state index < -0.39 is 0 Å². The van der Waals surface area contributed by atoms with E-state index in [0.29, 0.717) is 31.6 Å². The van der Waals surface area contributed by atoms with Gasteiger partial charge in [0.2, 0.25) is 0 Å². The van der Waals surface area contributed by atoms with E-state index in [1.54, 1.807) is 42.5 Å². The number of thioether (sulfide) groups is 1. The van der Waals surface area contributed by atoms with Gasteiger partial charge in [0.15, 0.2) is 11.1 Å². The molecule has 5 nitrogen and oxygen atoms in total. The van der Waals surface area contributed by atoms with Gasteiger partial charge in [0.1, 0.15) is 4.32 Å². The van der Waals surface area contributed by atoms with E-state index in [2.05, 4.69) is 4.99 Å². The molecule has 10 heteroatoms. The van der Waals surface area contributed by atoms with Crippen LogP contribution in [0, 0.1) is 0 Å². The van der Waals surface area contributed by atoms with E-state index in [1.165, 1.54) is 11.3 Å². The summed E-state index contributed by atoms with van der Waals surface area (Å²) in [5.41, 5.74) is 8.36. The molecule has 31 heavy (non-hydrogen) atoms. The highest BCUT2D eigenvalue weighted by molar-refractivity contribution is 8.26. The van der Waals surface area contributed by atoms with Crippen molar-refractivity contribution < 1.29 is 9.59 Å². The van der Waals surface area contributed by atoms with Crippen LogP contribution in [0.25, 0.3) is 17.3 Å². The van der Waals surface area contributed by atoms with E-state index in [4.69, 9.17) is 41.2 Å². The van der Waals surface area contributed by atoms with Crippen LogP contribution in [0.5, 0.6) is 0 Å². The third-order valence-electron chi connectivity index (χ3n) is 4.14. The Morgan fingerprint density at radius 2 is 1.90 bits per heavy atom. The largest absolute Gasteiger partial charge is 0.384 e. The Labute approximate surface area is 202 Å². The molecule has 1 heterocycles. The van der Waals surface area contributed by atoms with Gasteiger partial charge in [-0.25, -0.2) is 0 Å². The maximum atomic E-state index is 12.6.